The summed E-state index contributed by atoms with van der Waals surface area (Å²) in [6.07, 6.45) is 0.601. The van der Waals surface area contributed by atoms with Gasteiger partial charge in [-0.3, -0.25) is 0 Å². The maximum atomic E-state index is 5.91. The monoisotopic (exact) mass is 251 g/mol. The molecule has 0 amide bonds. The Morgan fingerprint density at radius 2 is 2.29 bits per heavy atom. The summed E-state index contributed by atoms with van der Waals surface area (Å²) in [5.74, 6) is 1.27. The quantitative estimate of drug-likeness (QED) is 0.908. The van der Waals surface area contributed by atoms with Gasteiger partial charge >= 0.3 is 0 Å². The molecule has 0 saturated heterocycles. The molecular formula is C12H14ClN3O. The van der Waals surface area contributed by atoms with E-state index >= 15 is 0 Å². The predicted octanol–water partition coefficient (Wildman–Crippen LogP) is 2.59. The van der Waals surface area contributed by atoms with Crippen molar-refractivity contribution in [1.82, 2.24) is 15.5 Å². The highest BCUT2D eigenvalue weighted by Gasteiger charge is 2.12. The standard InChI is InChI=1S/C12H14ClN3O/c1-8(14-2)12-15-11(17-16-12)7-9-4-3-5-10(13)6-9/h3-6,8,14H,7H2,1-2H3. The molecule has 4 nitrogen and oxygen atoms in total. The molecule has 1 aromatic carbocycles. The molecule has 0 aliphatic rings. The normalized spacial score (nSPS) is 12.6. The van der Waals surface area contributed by atoms with E-state index in [-0.39, 0.29) is 6.04 Å². The van der Waals surface area contributed by atoms with Crippen molar-refractivity contribution in [1.29, 1.82) is 0 Å². The van der Waals surface area contributed by atoms with Crippen LogP contribution in [0.25, 0.3) is 0 Å². The molecule has 1 heterocycles. The predicted molar refractivity (Wildman–Crippen MR) is 66.0 cm³/mol. The Morgan fingerprint density at radius 3 is 3.00 bits per heavy atom. The van der Waals surface area contributed by atoms with Crippen LogP contribution in [0.2, 0.25) is 5.02 Å². The Kier molecular flexibility index (Phi) is 3.76. The van der Waals surface area contributed by atoms with Crippen LogP contribution in [0.3, 0.4) is 0 Å². The van der Waals surface area contributed by atoms with Gasteiger partial charge in [0.2, 0.25) is 5.89 Å². The van der Waals surface area contributed by atoms with Crippen LogP contribution in [0.15, 0.2) is 28.8 Å². The summed E-state index contributed by atoms with van der Waals surface area (Å²) < 4.78 is 5.19. The van der Waals surface area contributed by atoms with Gasteiger partial charge in [-0.05, 0) is 31.7 Å². The van der Waals surface area contributed by atoms with E-state index in [1.807, 2.05) is 38.2 Å². The molecule has 2 aromatic rings. The zero-order valence-corrected chi connectivity index (χ0v) is 10.5. The number of rotatable bonds is 4. The van der Waals surface area contributed by atoms with Crippen molar-refractivity contribution in [3.8, 4) is 0 Å². The van der Waals surface area contributed by atoms with Crippen LogP contribution in [0, 0.1) is 0 Å². The Balaban J connectivity index is 2.11. The Hall–Kier alpha value is -1.39. The fourth-order valence-corrected chi connectivity index (χ4v) is 1.68. The number of nitrogens with one attached hydrogen (secondary N) is 1. The first-order valence-corrected chi connectivity index (χ1v) is 5.81. The van der Waals surface area contributed by atoms with Crippen molar-refractivity contribution < 1.29 is 4.52 Å². The van der Waals surface area contributed by atoms with Gasteiger partial charge in [-0.1, -0.05) is 28.9 Å². The van der Waals surface area contributed by atoms with Crippen LogP contribution < -0.4 is 5.32 Å². The second-order valence-corrected chi connectivity index (χ2v) is 4.30. The first-order valence-electron chi connectivity index (χ1n) is 5.43. The van der Waals surface area contributed by atoms with E-state index in [0.29, 0.717) is 23.2 Å². The lowest BCUT2D eigenvalue weighted by Crippen LogP contribution is -2.13. The third-order valence-electron chi connectivity index (χ3n) is 2.55. The van der Waals surface area contributed by atoms with Gasteiger partial charge < -0.3 is 9.84 Å². The molecule has 17 heavy (non-hydrogen) atoms. The summed E-state index contributed by atoms with van der Waals surface area (Å²) >= 11 is 5.91. The van der Waals surface area contributed by atoms with Crippen LogP contribution in [-0.4, -0.2) is 17.2 Å². The average molecular weight is 252 g/mol. The highest BCUT2D eigenvalue weighted by Crippen LogP contribution is 2.15. The number of nitrogens with zero attached hydrogens (tertiary/aromatic N) is 2. The van der Waals surface area contributed by atoms with E-state index in [1.165, 1.54) is 0 Å². The van der Waals surface area contributed by atoms with E-state index < -0.39 is 0 Å². The summed E-state index contributed by atoms with van der Waals surface area (Å²) in [6.45, 7) is 1.98. The molecule has 0 fully saturated rings. The van der Waals surface area contributed by atoms with Gasteiger partial charge in [0.25, 0.3) is 0 Å². The van der Waals surface area contributed by atoms with Gasteiger partial charge in [0.05, 0.1) is 12.5 Å². The van der Waals surface area contributed by atoms with Crippen molar-refractivity contribution in [3.05, 3.63) is 46.6 Å². The minimum absolute atomic E-state index is 0.0897. The summed E-state index contributed by atoms with van der Waals surface area (Å²) in [5.41, 5.74) is 1.06. The maximum absolute atomic E-state index is 5.91. The van der Waals surface area contributed by atoms with Gasteiger partial charge in [0, 0.05) is 5.02 Å². The number of hydrogen-bond acceptors (Lipinski definition) is 4. The van der Waals surface area contributed by atoms with Crippen molar-refractivity contribution in [2.45, 2.75) is 19.4 Å². The van der Waals surface area contributed by atoms with Crippen molar-refractivity contribution in [2.24, 2.45) is 0 Å². The first kappa shape index (κ1) is 12.1. The molecule has 0 saturated carbocycles. The molecule has 5 heteroatoms. The molecule has 0 radical (unpaired) electrons. The second kappa shape index (κ2) is 5.29. The second-order valence-electron chi connectivity index (χ2n) is 3.86. The number of halogens is 1. The topological polar surface area (TPSA) is 51.0 Å². The Bertz CT molecular complexity index is 498. The van der Waals surface area contributed by atoms with Crippen LogP contribution in [-0.2, 0) is 6.42 Å². The molecule has 0 aliphatic heterocycles. The lowest BCUT2D eigenvalue weighted by atomic mass is 10.1. The molecule has 1 N–H and O–H groups in total. The van der Waals surface area contributed by atoms with E-state index in [0.717, 1.165) is 5.56 Å². The molecule has 2 rings (SSSR count). The van der Waals surface area contributed by atoms with Gasteiger partial charge in [-0.25, -0.2) is 0 Å². The smallest absolute Gasteiger partial charge is 0.231 e. The lowest BCUT2D eigenvalue weighted by Gasteiger charge is -2.01. The number of aromatic nitrogens is 2. The summed E-state index contributed by atoms with van der Waals surface area (Å²) in [5, 5.41) is 7.70. The van der Waals surface area contributed by atoms with Crippen molar-refractivity contribution in [2.75, 3.05) is 7.05 Å². The van der Waals surface area contributed by atoms with Crippen LogP contribution in [0.1, 0.15) is 30.2 Å². The molecule has 0 bridgehead atoms. The molecule has 0 aliphatic carbocycles. The van der Waals surface area contributed by atoms with Crippen LogP contribution >= 0.6 is 11.6 Å². The Morgan fingerprint density at radius 1 is 1.47 bits per heavy atom. The summed E-state index contributed by atoms with van der Waals surface area (Å²) in [4.78, 5) is 4.32. The van der Waals surface area contributed by atoms with Crippen LogP contribution in [0.5, 0.6) is 0 Å². The highest BCUT2D eigenvalue weighted by atomic mass is 35.5. The molecular weight excluding hydrogens is 238 g/mol. The third-order valence-corrected chi connectivity index (χ3v) is 2.78. The summed E-state index contributed by atoms with van der Waals surface area (Å²) in [7, 11) is 1.86. The average Bonchev–Trinajstić information content (AvgIpc) is 2.76. The SMILES string of the molecule is CNC(C)c1noc(Cc2cccc(Cl)c2)n1. The fraction of sp³-hybridized carbons (Fsp3) is 0.333. The van der Waals surface area contributed by atoms with E-state index in [4.69, 9.17) is 16.1 Å². The highest BCUT2D eigenvalue weighted by molar-refractivity contribution is 6.30. The molecule has 0 spiro atoms. The van der Waals surface area contributed by atoms with Gasteiger partial charge in [-0.2, -0.15) is 4.98 Å². The molecule has 90 valence electrons. The van der Waals surface area contributed by atoms with Crippen molar-refractivity contribution in [3.63, 3.8) is 0 Å². The zero-order chi connectivity index (χ0) is 12.3. The van der Waals surface area contributed by atoms with Gasteiger partial charge in [0.15, 0.2) is 5.82 Å². The van der Waals surface area contributed by atoms with E-state index in [9.17, 15) is 0 Å². The van der Waals surface area contributed by atoms with Gasteiger partial charge in [0.1, 0.15) is 0 Å². The number of hydrogen-bond donors (Lipinski definition) is 1. The zero-order valence-electron chi connectivity index (χ0n) is 9.77. The Labute approximate surface area is 105 Å². The molecule has 1 atom stereocenters. The first-order chi connectivity index (χ1) is 8.19. The minimum Gasteiger partial charge on any atom is -0.339 e. The maximum Gasteiger partial charge on any atom is 0.231 e. The largest absolute Gasteiger partial charge is 0.339 e. The molecule has 1 aromatic heterocycles. The van der Waals surface area contributed by atoms with E-state index in [1.54, 1.807) is 0 Å². The van der Waals surface area contributed by atoms with Gasteiger partial charge in [-0.15, -0.1) is 0 Å². The fourth-order valence-electron chi connectivity index (χ4n) is 1.47. The number of benzene rings is 1. The third kappa shape index (κ3) is 3.05. The summed E-state index contributed by atoms with van der Waals surface area (Å²) in [6, 6.07) is 7.72. The molecule has 1 unspecified atom stereocenters. The van der Waals surface area contributed by atoms with Crippen LogP contribution in [0.4, 0.5) is 0 Å². The lowest BCUT2D eigenvalue weighted by molar-refractivity contribution is 0.374. The van der Waals surface area contributed by atoms with E-state index in [2.05, 4.69) is 15.5 Å². The minimum atomic E-state index is 0.0897. The van der Waals surface area contributed by atoms with Crippen molar-refractivity contribution >= 4 is 11.6 Å².